The normalized spacial score (nSPS) is 18.9. The number of hydrogen-bond donors (Lipinski definition) is 1. The zero-order valence-corrected chi connectivity index (χ0v) is 19.8. The second kappa shape index (κ2) is 8.50. The summed E-state index contributed by atoms with van der Waals surface area (Å²) in [6.45, 7) is 3.98. The molecular formula is C27H23N5O4. The molecule has 0 bridgehead atoms. The molecule has 3 aromatic rings. The Labute approximate surface area is 207 Å². The Hall–Kier alpha value is -4.71. The van der Waals surface area contributed by atoms with Gasteiger partial charge in [-0.25, -0.2) is 4.68 Å². The number of nitrogens with two attached hydrogens (primary N) is 1. The number of carbonyl (C=O) groups is 1. The van der Waals surface area contributed by atoms with Crippen molar-refractivity contribution in [3.8, 4) is 23.0 Å². The fraction of sp³-hybridized carbons (Fsp3) is 0.222. The Balaban J connectivity index is 1.75. The molecule has 1 aromatic heterocycles. The third-order valence-electron chi connectivity index (χ3n) is 6.50. The number of nitro groups is 1. The first-order valence-electron chi connectivity index (χ1n) is 11.4. The number of nitrogens with zero attached hydrogens (tertiary/aromatic N) is 4. The van der Waals surface area contributed by atoms with Gasteiger partial charge in [-0.2, -0.15) is 10.4 Å². The second-order valence-corrected chi connectivity index (χ2v) is 9.72. The van der Waals surface area contributed by atoms with Crippen molar-refractivity contribution in [1.29, 1.82) is 5.26 Å². The van der Waals surface area contributed by atoms with Crippen molar-refractivity contribution >= 4 is 11.5 Å². The molecule has 0 spiro atoms. The predicted octanol–water partition coefficient (Wildman–Crippen LogP) is 4.90. The standard InChI is InChI=1S/C27H23N5O4/c1-27(2)12-21(33)24-22(13-27)36-26(29)19(14-28)23(24)20-15-31(17-6-4-3-5-7-17)30-25(20)16-8-10-18(11-9-16)32(34)35/h3-11,15,23H,12-13,29H2,1-2H3. The molecule has 1 aliphatic carbocycles. The zero-order chi connectivity index (χ0) is 25.6. The maximum absolute atomic E-state index is 13.4. The van der Waals surface area contributed by atoms with Crippen LogP contribution in [0.25, 0.3) is 16.9 Å². The minimum absolute atomic E-state index is 0.0335. The summed E-state index contributed by atoms with van der Waals surface area (Å²) >= 11 is 0. The van der Waals surface area contributed by atoms with Gasteiger partial charge in [0, 0.05) is 47.9 Å². The van der Waals surface area contributed by atoms with Gasteiger partial charge in [0.25, 0.3) is 5.69 Å². The van der Waals surface area contributed by atoms with Crippen LogP contribution < -0.4 is 5.73 Å². The van der Waals surface area contributed by atoms with E-state index in [1.807, 2.05) is 44.2 Å². The van der Waals surface area contributed by atoms with Gasteiger partial charge in [0.05, 0.1) is 22.2 Å². The predicted molar refractivity (Wildman–Crippen MR) is 131 cm³/mol. The van der Waals surface area contributed by atoms with Crippen LogP contribution in [-0.4, -0.2) is 20.5 Å². The monoisotopic (exact) mass is 481 g/mol. The van der Waals surface area contributed by atoms with Crippen molar-refractivity contribution in [2.45, 2.75) is 32.6 Å². The van der Waals surface area contributed by atoms with Crippen molar-refractivity contribution in [2.75, 3.05) is 0 Å². The van der Waals surface area contributed by atoms with Crippen LogP contribution >= 0.6 is 0 Å². The van der Waals surface area contributed by atoms with Crippen LogP contribution in [0.3, 0.4) is 0 Å². The number of aromatic nitrogens is 2. The molecule has 36 heavy (non-hydrogen) atoms. The molecule has 180 valence electrons. The summed E-state index contributed by atoms with van der Waals surface area (Å²) in [5, 5.41) is 26.0. The van der Waals surface area contributed by atoms with E-state index in [9.17, 15) is 20.2 Å². The maximum Gasteiger partial charge on any atom is 0.269 e. The molecule has 2 aliphatic rings. The smallest absolute Gasteiger partial charge is 0.269 e. The molecule has 0 fully saturated rings. The number of nitriles is 1. The van der Waals surface area contributed by atoms with E-state index in [4.69, 9.17) is 15.6 Å². The molecule has 2 heterocycles. The summed E-state index contributed by atoms with van der Waals surface area (Å²) in [7, 11) is 0. The van der Waals surface area contributed by atoms with E-state index in [1.165, 1.54) is 12.1 Å². The van der Waals surface area contributed by atoms with Crippen LogP contribution in [0.2, 0.25) is 0 Å². The van der Waals surface area contributed by atoms with E-state index < -0.39 is 10.8 Å². The average molecular weight is 482 g/mol. The fourth-order valence-electron chi connectivity index (χ4n) is 4.87. The fourth-order valence-corrected chi connectivity index (χ4v) is 4.87. The third kappa shape index (κ3) is 3.92. The quantitative estimate of drug-likeness (QED) is 0.413. The average Bonchev–Trinajstić information content (AvgIpc) is 3.28. The van der Waals surface area contributed by atoms with Gasteiger partial charge in [-0.1, -0.05) is 32.0 Å². The van der Waals surface area contributed by atoms with E-state index in [-0.39, 0.29) is 28.3 Å². The second-order valence-electron chi connectivity index (χ2n) is 9.72. The summed E-state index contributed by atoms with van der Waals surface area (Å²) in [5.74, 6) is -0.438. The Bertz CT molecular complexity index is 1490. The molecule has 1 unspecified atom stereocenters. The molecule has 1 atom stereocenters. The number of ketones is 1. The van der Waals surface area contributed by atoms with Gasteiger partial charge in [0.2, 0.25) is 5.88 Å². The van der Waals surface area contributed by atoms with Crippen LogP contribution in [0.4, 0.5) is 5.69 Å². The number of nitro benzene ring substituents is 1. The molecule has 9 heteroatoms. The molecule has 2 N–H and O–H groups in total. The maximum atomic E-state index is 13.4. The van der Waals surface area contributed by atoms with E-state index in [0.717, 1.165) is 5.69 Å². The van der Waals surface area contributed by atoms with Gasteiger partial charge >= 0.3 is 0 Å². The summed E-state index contributed by atoms with van der Waals surface area (Å²) in [6.07, 6.45) is 2.60. The highest BCUT2D eigenvalue weighted by molar-refractivity contribution is 6.00. The first-order chi connectivity index (χ1) is 17.2. The van der Waals surface area contributed by atoms with Gasteiger partial charge in [0.15, 0.2) is 5.78 Å². The third-order valence-corrected chi connectivity index (χ3v) is 6.50. The van der Waals surface area contributed by atoms with Crippen LogP contribution in [0.5, 0.6) is 0 Å². The lowest BCUT2D eigenvalue weighted by Crippen LogP contribution is -2.33. The molecule has 0 saturated carbocycles. The number of rotatable bonds is 4. The van der Waals surface area contributed by atoms with E-state index in [1.54, 1.807) is 23.0 Å². The van der Waals surface area contributed by atoms with Crippen LogP contribution in [0.1, 0.15) is 38.2 Å². The number of benzene rings is 2. The van der Waals surface area contributed by atoms with Crippen molar-refractivity contribution < 1.29 is 14.5 Å². The summed E-state index contributed by atoms with van der Waals surface area (Å²) in [6, 6.07) is 17.6. The zero-order valence-electron chi connectivity index (χ0n) is 19.8. The Morgan fingerprint density at radius 1 is 1.17 bits per heavy atom. The van der Waals surface area contributed by atoms with Crippen molar-refractivity contribution in [3.63, 3.8) is 0 Å². The molecular weight excluding hydrogens is 458 g/mol. The minimum atomic E-state index is -0.773. The van der Waals surface area contributed by atoms with Gasteiger partial charge in [-0.05, 0) is 29.7 Å². The number of allylic oxidation sites excluding steroid dienone is 3. The van der Waals surface area contributed by atoms with Gasteiger partial charge < -0.3 is 10.5 Å². The SMILES string of the molecule is CC1(C)CC(=O)C2=C(C1)OC(N)=C(C#N)C2c1cn(-c2ccccc2)nc1-c1ccc([N+](=O)[O-])cc1. The van der Waals surface area contributed by atoms with Crippen molar-refractivity contribution in [3.05, 3.63) is 99.3 Å². The molecule has 9 nitrogen and oxygen atoms in total. The minimum Gasteiger partial charge on any atom is -0.444 e. The Morgan fingerprint density at radius 3 is 2.50 bits per heavy atom. The van der Waals surface area contributed by atoms with E-state index in [2.05, 4.69) is 6.07 Å². The molecule has 2 aromatic carbocycles. The highest BCUT2D eigenvalue weighted by atomic mass is 16.6. The molecule has 0 amide bonds. The van der Waals surface area contributed by atoms with Gasteiger partial charge in [0.1, 0.15) is 17.4 Å². The lowest BCUT2D eigenvalue weighted by atomic mass is 9.70. The number of Topliss-reactive ketones (excluding diaryl/α,β-unsaturated/α-hetero) is 1. The van der Waals surface area contributed by atoms with Crippen LogP contribution in [0, 0.1) is 26.9 Å². The highest BCUT2D eigenvalue weighted by Crippen LogP contribution is 2.49. The number of carbonyl (C=O) groups excluding carboxylic acids is 1. The number of hydrogen-bond acceptors (Lipinski definition) is 7. The van der Waals surface area contributed by atoms with Crippen molar-refractivity contribution in [1.82, 2.24) is 9.78 Å². The van der Waals surface area contributed by atoms with Crippen LogP contribution in [-0.2, 0) is 9.53 Å². The Morgan fingerprint density at radius 2 is 1.86 bits per heavy atom. The number of non-ortho nitro benzene ring substituents is 1. The van der Waals surface area contributed by atoms with E-state index >= 15 is 0 Å². The largest absolute Gasteiger partial charge is 0.444 e. The van der Waals surface area contributed by atoms with E-state index in [0.29, 0.717) is 41.0 Å². The summed E-state index contributed by atoms with van der Waals surface area (Å²) < 4.78 is 7.49. The highest BCUT2D eigenvalue weighted by Gasteiger charge is 2.44. The first-order valence-corrected chi connectivity index (χ1v) is 11.4. The molecule has 0 saturated heterocycles. The topological polar surface area (TPSA) is 137 Å². The van der Waals surface area contributed by atoms with Crippen LogP contribution in [0.15, 0.2) is 83.6 Å². The number of para-hydroxylation sites is 1. The lowest BCUT2D eigenvalue weighted by Gasteiger charge is -2.37. The Kier molecular flexibility index (Phi) is 5.44. The van der Waals surface area contributed by atoms with Gasteiger partial charge in [-0.3, -0.25) is 14.9 Å². The number of ether oxygens (including phenoxy) is 1. The molecule has 1 aliphatic heterocycles. The summed E-state index contributed by atoms with van der Waals surface area (Å²) in [4.78, 5) is 24.1. The van der Waals surface area contributed by atoms with Gasteiger partial charge in [-0.15, -0.1) is 0 Å². The molecule has 5 rings (SSSR count). The summed E-state index contributed by atoms with van der Waals surface area (Å²) in [5.41, 5.74) is 8.87. The van der Waals surface area contributed by atoms with Crippen molar-refractivity contribution in [2.24, 2.45) is 11.1 Å². The molecule has 0 radical (unpaired) electrons. The lowest BCUT2D eigenvalue weighted by molar-refractivity contribution is -0.384. The first kappa shape index (κ1) is 23.1.